The molecule has 7 heteroatoms. The predicted molar refractivity (Wildman–Crippen MR) is 104 cm³/mol. The summed E-state index contributed by atoms with van der Waals surface area (Å²) in [5.41, 5.74) is 3.87. The highest BCUT2D eigenvalue weighted by Gasteiger charge is 2.19. The van der Waals surface area contributed by atoms with Crippen molar-refractivity contribution in [2.45, 2.75) is 13.8 Å². The van der Waals surface area contributed by atoms with Crippen LogP contribution in [0.15, 0.2) is 54.9 Å². The molecule has 0 aliphatic heterocycles. The molecule has 0 saturated heterocycles. The summed E-state index contributed by atoms with van der Waals surface area (Å²) in [7, 11) is 0. The Balaban J connectivity index is 1.69. The molecule has 4 aromatic rings. The number of imidazole rings is 1. The number of rotatable bonds is 3. The number of nitrogens with zero attached hydrogens (tertiary/aromatic N) is 2. The maximum atomic E-state index is 13.9. The molecule has 4 nitrogen and oxygen atoms in total. The molecule has 146 valence electrons. The average Bonchev–Trinajstić information content (AvgIpc) is 3.13. The van der Waals surface area contributed by atoms with E-state index < -0.39 is 28.9 Å². The number of aromatic nitrogens is 2. The first-order valence-electron chi connectivity index (χ1n) is 8.85. The molecule has 0 atom stereocenters. The van der Waals surface area contributed by atoms with Gasteiger partial charge in [0.1, 0.15) is 5.65 Å². The number of fused-ring (bicyclic) bond motifs is 1. The number of nitrogens with one attached hydrogen (secondary N) is 1. The van der Waals surface area contributed by atoms with Gasteiger partial charge in [-0.3, -0.25) is 4.79 Å². The lowest BCUT2D eigenvalue weighted by molar-refractivity contribution is 0.102. The van der Waals surface area contributed by atoms with Crippen molar-refractivity contribution in [2.24, 2.45) is 0 Å². The van der Waals surface area contributed by atoms with E-state index in [-0.39, 0.29) is 0 Å². The third-order valence-electron chi connectivity index (χ3n) is 4.74. The number of aryl methyl sites for hydroxylation is 2. The number of amides is 1. The fourth-order valence-corrected chi connectivity index (χ4v) is 3.10. The first kappa shape index (κ1) is 18.7. The molecule has 4 rings (SSSR count). The van der Waals surface area contributed by atoms with Crippen LogP contribution in [0.4, 0.5) is 18.9 Å². The van der Waals surface area contributed by atoms with Crippen LogP contribution in [0.25, 0.3) is 16.9 Å². The zero-order valence-corrected chi connectivity index (χ0v) is 15.6. The topological polar surface area (TPSA) is 46.4 Å². The van der Waals surface area contributed by atoms with Gasteiger partial charge in [-0.1, -0.05) is 18.2 Å². The minimum Gasteiger partial charge on any atom is -0.322 e. The van der Waals surface area contributed by atoms with Crippen molar-refractivity contribution in [3.05, 3.63) is 89.0 Å². The third kappa shape index (κ3) is 3.35. The number of halogens is 3. The SMILES string of the molecule is Cc1ccc(-c2cn3cccc(C)c3n2)cc1NC(=O)c1ccc(F)c(F)c1F. The summed E-state index contributed by atoms with van der Waals surface area (Å²) in [6.45, 7) is 3.73. The Labute approximate surface area is 164 Å². The smallest absolute Gasteiger partial charge is 0.258 e. The molecule has 0 unspecified atom stereocenters. The summed E-state index contributed by atoms with van der Waals surface area (Å²) >= 11 is 0. The number of benzene rings is 2. The number of hydrogen-bond donors (Lipinski definition) is 1. The Hall–Kier alpha value is -3.61. The molecule has 2 aromatic heterocycles. The van der Waals surface area contributed by atoms with Crippen LogP contribution < -0.4 is 5.32 Å². The second-order valence-corrected chi connectivity index (χ2v) is 6.75. The second kappa shape index (κ2) is 7.09. The van der Waals surface area contributed by atoms with E-state index in [0.29, 0.717) is 11.4 Å². The maximum absolute atomic E-state index is 13.9. The lowest BCUT2D eigenvalue weighted by Gasteiger charge is -2.11. The Morgan fingerprint density at radius 3 is 2.55 bits per heavy atom. The van der Waals surface area contributed by atoms with Crippen molar-refractivity contribution in [1.82, 2.24) is 9.38 Å². The van der Waals surface area contributed by atoms with Crippen LogP contribution in [0.2, 0.25) is 0 Å². The molecule has 0 spiro atoms. The van der Waals surface area contributed by atoms with Crippen molar-refractivity contribution in [1.29, 1.82) is 0 Å². The van der Waals surface area contributed by atoms with Crippen LogP contribution in [0.3, 0.4) is 0 Å². The minimum absolute atomic E-state index is 0.422. The van der Waals surface area contributed by atoms with E-state index in [1.165, 1.54) is 0 Å². The van der Waals surface area contributed by atoms with Crippen molar-refractivity contribution < 1.29 is 18.0 Å². The molecule has 2 aromatic carbocycles. The third-order valence-corrected chi connectivity index (χ3v) is 4.74. The Bertz CT molecular complexity index is 1260. The molecule has 0 aliphatic rings. The number of hydrogen-bond acceptors (Lipinski definition) is 2. The Morgan fingerprint density at radius 1 is 1.00 bits per heavy atom. The van der Waals surface area contributed by atoms with Crippen molar-refractivity contribution >= 4 is 17.2 Å². The summed E-state index contributed by atoms with van der Waals surface area (Å²) in [5, 5.41) is 2.57. The molecule has 1 N–H and O–H groups in total. The van der Waals surface area contributed by atoms with E-state index in [9.17, 15) is 18.0 Å². The van der Waals surface area contributed by atoms with Gasteiger partial charge >= 0.3 is 0 Å². The van der Waals surface area contributed by atoms with Crippen LogP contribution in [0.1, 0.15) is 21.5 Å². The van der Waals surface area contributed by atoms with Gasteiger partial charge in [-0.2, -0.15) is 0 Å². The maximum Gasteiger partial charge on any atom is 0.258 e. The Morgan fingerprint density at radius 2 is 1.79 bits per heavy atom. The lowest BCUT2D eigenvalue weighted by atomic mass is 10.1. The van der Waals surface area contributed by atoms with Gasteiger partial charge in [-0.25, -0.2) is 18.2 Å². The fourth-order valence-electron chi connectivity index (χ4n) is 3.10. The molecule has 0 saturated carbocycles. The van der Waals surface area contributed by atoms with E-state index in [1.54, 1.807) is 19.1 Å². The largest absolute Gasteiger partial charge is 0.322 e. The van der Waals surface area contributed by atoms with Gasteiger partial charge in [0.05, 0.1) is 11.3 Å². The molecule has 0 bridgehead atoms. The highest BCUT2D eigenvalue weighted by Crippen LogP contribution is 2.27. The van der Waals surface area contributed by atoms with E-state index in [2.05, 4.69) is 10.3 Å². The zero-order valence-electron chi connectivity index (χ0n) is 15.6. The molecule has 0 radical (unpaired) electrons. The molecule has 1 amide bonds. The van der Waals surface area contributed by atoms with Crippen LogP contribution in [0.5, 0.6) is 0 Å². The summed E-state index contributed by atoms with van der Waals surface area (Å²) in [5.74, 6) is -5.41. The van der Waals surface area contributed by atoms with Gasteiger partial charge in [-0.15, -0.1) is 0 Å². The average molecular weight is 395 g/mol. The van der Waals surface area contributed by atoms with Gasteiger partial charge in [-0.05, 0) is 49.2 Å². The summed E-state index contributed by atoms with van der Waals surface area (Å²) in [6, 6.07) is 10.9. The number of anilines is 1. The van der Waals surface area contributed by atoms with Crippen LogP contribution in [-0.2, 0) is 0 Å². The highest BCUT2D eigenvalue weighted by atomic mass is 19.2. The standard InChI is InChI=1S/C22H16F3N3O/c1-12-5-6-14(18-11-28-9-3-4-13(2)21(28)26-18)10-17(12)27-22(29)15-7-8-16(23)20(25)19(15)24/h3-11H,1-2H3,(H,27,29). The van der Waals surface area contributed by atoms with Crippen molar-refractivity contribution in [3.63, 3.8) is 0 Å². The van der Waals surface area contributed by atoms with Gasteiger partial charge in [0.2, 0.25) is 0 Å². The zero-order chi connectivity index (χ0) is 20.7. The van der Waals surface area contributed by atoms with Gasteiger partial charge < -0.3 is 9.72 Å². The van der Waals surface area contributed by atoms with Gasteiger partial charge in [0.15, 0.2) is 17.5 Å². The molecular formula is C22H16F3N3O. The number of carbonyl (C=O) groups is 1. The van der Waals surface area contributed by atoms with Gasteiger partial charge in [0, 0.05) is 23.6 Å². The van der Waals surface area contributed by atoms with E-state index in [0.717, 1.165) is 34.5 Å². The van der Waals surface area contributed by atoms with E-state index in [4.69, 9.17) is 0 Å². The van der Waals surface area contributed by atoms with E-state index in [1.807, 2.05) is 41.9 Å². The molecule has 0 fully saturated rings. The normalized spacial score (nSPS) is 11.1. The van der Waals surface area contributed by atoms with Crippen molar-refractivity contribution in [2.75, 3.05) is 5.32 Å². The minimum atomic E-state index is -1.68. The summed E-state index contributed by atoms with van der Waals surface area (Å²) in [4.78, 5) is 17.0. The molecule has 0 aliphatic carbocycles. The first-order valence-corrected chi connectivity index (χ1v) is 8.85. The predicted octanol–water partition coefficient (Wildman–Crippen LogP) is 5.29. The molecule has 29 heavy (non-hydrogen) atoms. The van der Waals surface area contributed by atoms with E-state index >= 15 is 0 Å². The number of pyridine rings is 1. The van der Waals surface area contributed by atoms with Crippen LogP contribution in [-0.4, -0.2) is 15.3 Å². The lowest BCUT2D eigenvalue weighted by Crippen LogP contribution is -2.16. The summed E-state index contributed by atoms with van der Waals surface area (Å²) in [6.07, 6.45) is 3.76. The first-order chi connectivity index (χ1) is 13.8. The number of carbonyl (C=O) groups excluding carboxylic acids is 1. The van der Waals surface area contributed by atoms with Crippen molar-refractivity contribution in [3.8, 4) is 11.3 Å². The quantitative estimate of drug-likeness (QED) is 0.479. The molecule has 2 heterocycles. The van der Waals surface area contributed by atoms with Crippen LogP contribution >= 0.6 is 0 Å². The monoisotopic (exact) mass is 395 g/mol. The van der Waals surface area contributed by atoms with Gasteiger partial charge in [0.25, 0.3) is 5.91 Å². The second-order valence-electron chi connectivity index (χ2n) is 6.75. The fraction of sp³-hybridized carbons (Fsp3) is 0.0909. The summed E-state index contributed by atoms with van der Waals surface area (Å²) < 4.78 is 42.4. The Kier molecular flexibility index (Phi) is 4.58. The van der Waals surface area contributed by atoms with Crippen LogP contribution in [0, 0.1) is 31.3 Å². The molecular weight excluding hydrogens is 379 g/mol. The highest BCUT2D eigenvalue weighted by molar-refractivity contribution is 6.05.